The first-order valence-electron chi connectivity index (χ1n) is 9.75. The van der Waals surface area contributed by atoms with Crippen LogP contribution in [0.3, 0.4) is 0 Å². The lowest BCUT2D eigenvalue weighted by molar-refractivity contribution is 0.0973. The van der Waals surface area contributed by atoms with E-state index in [2.05, 4.69) is 5.32 Å². The molecule has 31 heavy (non-hydrogen) atoms. The van der Waals surface area contributed by atoms with Gasteiger partial charge in [0.15, 0.2) is 11.5 Å². The predicted molar refractivity (Wildman–Crippen MR) is 119 cm³/mol. The molecule has 3 aromatic rings. The van der Waals surface area contributed by atoms with Crippen LogP contribution in [-0.2, 0) is 0 Å². The molecule has 0 saturated carbocycles. The summed E-state index contributed by atoms with van der Waals surface area (Å²) in [6, 6.07) is 18.5. The van der Waals surface area contributed by atoms with Gasteiger partial charge in [-0.2, -0.15) is 0 Å². The third kappa shape index (κ3) is 3.38. The van der Waals surface area contributed by atoms with E-state index in [0.717, 1.165) is 5.69 Å². The predicted octanol–water partition coefficient (Wildman–Crippen LogP) is 4.49. The van der Waals surface area contributed by atoms with Gasteiger partial charge in [0.05, 0.1) is 39.7 Å². The first kappa shape index (κ1) is 20.4. The second-order valence-corrected chi connectivity index (χ2v) is 6.86. The molecule has 1 aliphatic heterocycles. The van der Waals surface area contributed by atoms with Gasteiger partial charge in [0, 0.05) is 11.3 Å². The van der Waals surface area contributed by atoms with Crippen LogP contribution < -0.4 is 29.2 Å². The normalized spacial score (nSPS) is 15.0. The van der Waals surface area contributed by atoms with Gasteiger partial charge < -0.3 is 24.3 Å². The van der Waals surface area contributed by atoms with Crippen LogP contribution in [0, 0.1) is 0 Å². The van der Waals surface area contributed by atoms with Gasteiger partial charge in [0.1, 0.15) is 11.9 Å². The highest BCUT2D eigenvalue weighted by molar-refractivity contribution is 6.12. The maximum absolute atomic E-state index is 13.7. The molecule has 0 radical (unpaired) electrons. The van der Waals surface area contributed by atoms with Gasteiger partial charge in [0.25, 0.3) is 5.91 Å². The van der Waals surface area contributed by atoms with Crippen molar-refractivity contribution in [1.29, 1.82) is 0 Å². The Bertz CT molecular complexity index is 1110. The molecule has 4 rings (SSSR count). The Morgan fingerprint density at radius 1 is 0.742 bits per heavy atom. The topological polar surface area (TPSA) is 69.3 Å². The van der Waals surface area contributed by atoms with E-state index in [4.69, 9.17) is 18.9 Å². The minimum absolute atomic E-state index is 0.152. The summed E-state index contributed by atoms with van der Waals surface area (Å²) < 4.78 is 22.3. The van der Waals surface area contributed by atoms with Crippen molar-refractivity contribution in [3.8, 4) is 23.0 Å². The Labute approximate surface area is 181 Å². The van der Waals surface area contributed by atoms with Crippen molar-refractivity contribution in [2.24, 2.45) is 0 Å². The lowest BCUT2D eigenvalue weighted by atomic mass is 10.0. The van der Waals surface area contributed by atoms with Crippen LogP contribution in [0.4, 0.5) is 11.4 Å². The smallest absolute Gasteiger partial charge is 0.262 e. The molecule has 1 N–H and O–H groups in total. The van der Waals surface area contributed by atoms with E-state index >= 15 is 0 Å². The molecule has 0 saturated heterocycles. The minimum Gasteiger partial charge on any atom is -0.495 e. The molecule has 7 nitrogen and oxygen atoms in total. The van der Waals surface area contributed by atoms with Crippen molar-refractivity contribution >= 4 is 17.3 Å². The highest BCUT2D eigenvalue weighted by Gasteiger charge is 2.37. The van der Waals surface area contributed by atoms with Crippen LogP contribution in [-0.4, -0.2) is 34.3 Å². The third-order valence-electron chi connectivity index (χ3n) is 5.30. The number of hydrogen-bond acceptors (Lipinski definition) is 6. The van der Waals surface area contributed by atoms with Gasteiger partial charge in [-0.05, 0) is 36.4 Å². The van der Waals surface area contributed by atoms with E-state index in [9.17, 15) is 4.79 Å². The number of fused-ring (bicyclic) bond motifs is 1. The summed E-state index contributed by atoms with van der Waals surface area (Å²) in [4.78, 5) is 15.4. The Hall–Kier alpha value is -3.87. The highest BCUT2D eigenvalue weighted by atomic mass is 16.5. The molecule has 1 heterocycles. The number of rotatable bonds is 6. The number of nitrogens with zero attached hydrogens (tertiary/aromatic N) is 1. The van der Waals surface area contributed by atoms with E-state index in [-0.39, 0.29) is 5.91 Å². The summed E-state index contributed by atoms with van der Waals surface area (Å²) in [5.41, 5.74) is 2.66. The molecule has 1 atom stereocenters. The number of nitrogens with one attached hydrogen (secondary N) is 1. The van der Waals surface area contributed by atoms with Crippen molar-refractivity contribution in [2.45, 2.75) is 6.17 Å². The molecule has 0 spiro atoms. The van der Waals surface area contributed by atoms with Gasteiger partial charge in [-0.3, -0.25) is 9.69 Å². The Kier molecular flexibility index (Phi) is 5.58. The minimum atomic E-state index is -0.576. The zero-order valence-corrected chi connectivity index (χ0v) is 17.8. The summed E-state index contributed by atoms with van der Waals surface area (Å²) in [5.74, 6) is 1.90. The molecule has 160 valence electrons. The van der Waals surface area contributed by atoms with E-state index in [1.54, 1.807) is 45.5 Å². The molecule has 7 heteroatoms. The maximum atomic E-state index is 13.7. The average molecular weight is 420 g/mol. The van der Waals surface area contributed by atoms with Crippen LogP contribution >= 0.6 is 0 Å². The van der Waals surface area contributed by atoms with Crippen molar-refractivity contribution in [2.75, 3.05) is 38.7 Å². The first-order valence-corrected chi connectivity index (χ1v) is 9.75. The molecule has 0 aliphatic carbocycles. The van der Waals surface area contributed by atoms with Crippen molar-refractivity contribution in [1.82, 2.24) is 0 Å². The zero-order chi connectivity index (χ0) is 22.0. The second kappa shape index (κ2) is 8.47. The summed E-state index contributed by atoms with van der Waals surface area (Å²) in [6.07, 6.45) is -0.576. The fraction of sp³-hybridized carbons (Fsp3) is 0.208. The van der Waals surface area contributed by atoms with Gasteiger partial charge in [-0.25, -0.2) is 0 Å². The number of benzene rings is 3. The van der Waals surface area contributed by atoms with Gasteiger partial charge >= 0.3 is 0 Å². The van der Waals surface area contributed by atoms with E-state index in [0.29, 0.717) is 39.8 Å². The maximum Gasteiger partial charge on any atom is 0.262 e. The number of methoxy groups -OCH3 is 4. The molecule has 0 bridgehead atoms. The number of anilines is 2. The monoisotopic (exact) mass is 420 g/mol. The lowest BCUT2D eigenvalue weighted by Gasteiger charge is -2.39. The first-order chi connectivity index (χ1) is 15.1. The number of carbonyl (C=O) groups is 1. The fourth-order valence-electron chi connectivity index (χ4n) is 3.89. The molecular weight excluding hydrogens is 396 g/mol. The van der Waals surface area contributed by atoms with Crippen molar-refractivity contribution in [3.63, 3.8) is 0 Å². The van der Waals surface area contributed by atoms with Crippen molar-refractivity contribution < 1.29 is 23.7 Å². The molecule has 0 aromatic heterocycles. The summed E-state index contributed by atoms with van der Waals surface area (Å²) >= 11 is 0. The largest absolute Gasteiger partial charge is 0.495 e. The molecular formula is C24H24N2O5. The third-order valence-corrected chi connectivity index (χ3v) is 5.30. The van der Waals surface area contributed by atoms with Crippen molar-refractivity contribution in [3.05, 3.63) is 71.8 Å². The summed E-state index contributed by atoms with van der Waals surface area (Å²) in [5, 5.41) is 3.48. The Morgan fingerprint density at radius 3 is 2.13 bits per heavy atom. The van der Waals surface area contributed by atoms with Gasteiger partial charge in [-0.15, -0.1) is 0 Å². The zero-order valence-electron chi connectivity index (χ0n) is 17.8. The van der Waals surface area contributed by atoms with Crippen LogP contribution in [0.15, 0.2) is 60.7 Å². The fourth-order valence-corrected chi connectivity index (χ4v) is 3.89. The second-order valence-electron chi connectivity index (χ2n) is 6.86. The molecule has 3 aromatic carbocycles. The number of carbonyl (C=O) groups excluding carboxylic acids is 1. The molecule has 1 aliphatic rings. The van der Waals surface area contributed by atoms with E-state index < -0.39 is 6.17 Å². The van der Waals surface area contributed by atoms with Crippen LogP contribution in [0.25, 0.3) is 0 Å². The molecule has 0 fully saturated rings. The van der Waals surface area contributed by atoms with Crippen LogP contribution in [0.1, 0.15) is 22.1 Å². The molecule has 0 unspecified atom stereocenters. The van der Waals surface area contributed by atoms with Crippen LogP contribution in [0.5, 0.6) is 23.0 Å². The highest BCUT2D eigenvalue weighted by Crippen LogP contribution is 2.47. The number of para-hydroxylation sites is 3. The molecule has 1 amide bonds. The number of amides is 1. The van der Waals surface area contributed by atoms with E-state index in [1.165, 1.54) is 0 Å². The number of ether oxygens (including phenoxy) is 4. The Morgan fingerprint density at radius 2 is 1.42 bits per heavy atom. The summed E-state index contributed by atoms with van der Waals surface area (Å²) in [7, 11) is 6.26. The standard InChI is InChI=1S/C24H24N2O5/c1-28-19-12-8-7-11-18(19)26-23(25-17-10-6-5-9-15(17)24(26)27)16-13-14-20(29-2)22(31-4)21(16)30-3/h5-14,23,25H,1-4H3/t23-/m1/s1. The average Bonchev–Trinajstić information content (AvgIpc) is 2.82. The number of hydrogen-bond donors (Lipinski definition) is 1. The lowest BCUT2D eigenvalue weighted by Crippen LogP contribution is -2.43. The van der Waals surface area contributed by atoms with Crippen LogP contribution in [0.2, 0.25) is 0 Å². The van der Waals surface area contributed by atoms with Gasteiger partial charge in [0.2, 0.25) is 5.75 Å². The van der Waals surface area contributed by atoms with E-state index in [1.807, 2.05) is 48.5 Å². The quantitative estimate of drug-likeness (QED) is 0.634. The summed E-state index contributed by atoms with van der Waals surface area (Å²) in [6.45, 7) is 0. The Balaban J connectivity index is 1.96. The van der Waals surface area contributed by atoms with Gasteiger partial charge in [-0.1, -0.05) is 24.3 Å². The SMILES string of the molecule is COc1ccccc1N1C(=O)c2ccccc2N[C@H]1c1ccc(OC)c(OC)c1OC.